The van der Waals surface area contributed by atoms with E-state index < -0.39 is 21.9 Å². The highest BCUT2D eigenvalue weighted by molar-refractivity contribution is 7.86. The van der Waals surface area contributed by atoms with Crippen LogP contribution in [-0.2, 0) is 10.8 Å². The second kappa shape index (κ2) is 6.35. The summed E-state index contributed by atoms with van der Waals surface area (Å²) in [7, 11) is -1.61. The van der Waals surface area contributed by atoms with Crippen molar-refractivity contribution >= 4 is 51.1 Å². The van der Waals surface area contributed by atoms with Crippen LogP contribution < -0.4 is 0 Å². The number of carbonyl (C=O) groups excluding carboxylic acids is 1. The highest BCUT2D eigenvalue weighted by atomic mass is 35.5. The summed E-state index contributed by atoms with van der Waals surface area (Å²) >= 11 is 12.6. The Balaban J connectivity index is 2.24. The van der Waals surface area contributed by atoms with Gasteiger partial charge < -0.3 is 0 Å². The minimum atomic E-state index is -1.61. The maximum absolute atomic E-state index is 13.1. The van der Waals surface area contributed by atoms with Crippen molar-refractivity contribution in [3.8, 4) is 0 Å². The molecule has 0 N–H and O–H groups in total. The van der Waals surface area contributed by atoms with Crippen LogP contribution >= 0.6 is 34.5 Å². The van der Waals surface area contributed by atoms with Crippen LogP contribution in [0.25, 0.3) is 0 Å². The first-order chi connectivity index (χ1) is 9.40. The molecule has 0 saturated carbocycles. The molecular formula is C13H9Cl2FO2S2. The average Bonchev–Trinajstić information content (AvgIpc) is 2.86. The largest absolute Gasteiger partial charge is 0.292 e. The molecular weight excluding hydrogens is 342 g/mol. The van der Waals surface area contributed by atoms with E-state index in [9.17, 15) is 13.4 Å². The van der Waals surface area contributed by atoms with E-state index >= 15 is 0 Å². The monoisotopic (exact) mass is 350 g/mol. The molecule has 2 nitrogen and oxygen atoms in total. The second-order valence-electron chi connectivity index (χ2n) is 3.98. The summed E-state index contributed by atoms with van der Waals surface area (Å²) in [5, 5.41) is -0.874. The maximum Gasteiger partial charge on any atom is 0.188 e. The number of thiophene rings is 1. The Kier molecular flexibility index (Phi) is 4.96. The molecule has 106 valence electrons. The van der Waals surface area contributed by atoms with E-state index in [1.807, 2.05) is 0 Å². The zero-order valence-corrected chi connectivity index (χ0v) is 13.4. The lowest BCUT2D eigenvalue weighted by Crippen LogP contribution is -2.22. The van der Waals surface area contributed by atoms with E-state index in [2.05, 4.69) is 0 Å². The third kappa shape index (κ3) is 3.28. The lowest BCUT2D eigenvalue weighted by molar-refractivity contribution is 0.0996. The van der Waals surface area contributed by atoms with Crippen LogP contribution in [0, 0.1) is 5.82 Å². The smallest absolute Gasteiger partial charge is 0.188 e. The Labute approximate surface area is 132 Å². The molecule has 1 heterocycles. The van der Waals surface area contributed by atoms with Gasteiger partial charge in [0.05, 0.1) is 25.0 Å². The zero-order chi connectivity index (χ0) is 14.9. The summed E-state index contributed by atoms with van der Waals surface area (Å²) in [6.07, 6.45) is 0. The summed E-state index contributed by atoms with van der Waals surface area (Å²) in [6, 6.07) is 6.99. The Morgan fingerprint density at radius 3 is 2.55 bits per heavy atom. The molecule has 0 spiro atoms. The molecule has 2 aromatic rings. The molecule has 1 aromatic heterocycles. The first-order valence-corrected chi connectivity index (χ1v) is 8.34. The van der Waals surface area contributed by atoms with Gasteiger partial charge in [0.2, 0.25) is 0 Å². The van der Waals surface area contributed by atoms with Crippen molar-refractivity contribution < 1.29 is 13.4 Å². The quantitative estimate of drug-likeness (QED) is 0.756. The van der Waals surface area contributed by atoms with Gasteiger partial charge >= 0.3 is 0 Å². The average molecular weight is 351 g/mol. The van der Waals surface area contributed by atoms with E-state index in [4.69, 9.17) is 23.2 Å². The Bertz CT molecular complexity index is 685. The van der Waals surface area contributed by atoms with Crippen molar-refractivity contribution in [2.75, 3.05) is 0 Å². The van der Waals surface area contributed by atoms with E-state index in [0.717, 1.165) is 17.4 Å². The first kappa shape index (κ1) is 15.6. The summed E-state index contributed by atoms with van der Waals surface area (Å²) in [5.41, 5.74) is 0. The SMILES string of the molecule is CC(C(=O)c1ccc(Cl)s1)S(=O)c1ccc(F)c(Cl)c1. The fourth-order valence-electron chi connectivity index (χ4n) is 1.55. The van der Waals surface area contributed by atoms with Gasteiger partial charge in [-0.1, -0.05) is 23.2 Å². The lowest BCUT2D eigenvalue weighted by atomic mass is 10.2. The molecule has 0 fully saturated rings. The van der Waals surface area contributed by atoms with Gasteiger partial charge in [-0.3, -0.25) is 9.00 Å². The van der Waals surface area contributed by atoms with Gasteiger partial charge in [0, 0.05) is 4.90 Å². The van der Waals surface area contributed by atoms with Crippen LogP contribution in [-0.4, -0.2) is 15.2 Å². The molecule has 2 atom stereocenters. The number of halogens is 3. The van der Waals surface area contributed by atoms with Gasteiger partial charge in [0.1, 0.15) is 11.1 Å². The molecule has 0 aliphatic heterocycles. The molecule has 0 saturated heterocycles. The number of rotatable bonds is 4. The third-order valence-corrected chi connectivity index (χ3v) is 5.74. The van der Waals surface area contributed by atoms with Crippen molar-refractivity contribution in [3.05, 3.63) is 50.4 Å². The van der Waals surface area contributed by atoms with Crippen molar-refractivity contribution in [1.82, 2.24) is 0 Å². The predicted molar refractivity (Wildman–Crippen MR) is 80.9 cm³/mol. The third-order valence-electron chi connectivity index (χ3n) is 2.63. The normalized spacial score (nSPS) is 14.0. The molecule has 0 aliphatic carbocycles. The van der Waals surface area contributed by atoms with E-state index in [0.29, 0.717) is 14.1 Å². The van der Waals surface area contributed by atoms with Crippen molar-refractivity contribution in [2.24, 2.45) is 0 Å². The number of hydrogen-bond donors (Lipinski definition) is 0. The Morgan fingerprint density at radius 1 is 1.30 bits per heavy atom. The van der Waals surface area contributed by atoms with Crippen LogP contribution in [0.5, 0.6) is 0 Å². The molecule has 20 heavy (non-hydrogen) atoms. The lowest BCUT2D eigenvalue weighted by Gasteiger charge is -2.10. The fraction of sp³-hybridized carbons (Fsp3) is 0.154. The number of benzene rings is 1. The summed E-state index contributed by atoms with van der Waals surface area (Å²) in [5.74, 6) is -0.850. The van der Waals surface area contributed by atoms with E-state index in [1.165, 1.54) is 12.1 Å². The van der Waals surface area contributed by atoms with Crippen molar-refractivity contribution in [1.29, 1.82) is 0 Å². The molecule has 0 aliphatic rings. The number of ketones is 1. The maximum atomic E-state index is 13.1. The number of Topliss-reactive ketones (excluding diaryl/α,β-unsaturated/α-hetero) is 1. The van der Waals surface area contributed by atoms with Gasteiger partial charge in [-0.2, -0.15) is 0 Å². The Hall–Kier alpha value is -0.750. The number of hydrogen-bond acceptors (Lipinski definition) is 3. The van der Waals surface area contributed by atoms with Crippen molar-refractivity contribution in [3.63, 3.8) is 0 Å². The molecule has 0 radical (unpaired) electrons. The summed E-state index contributed by atoms with van der Waals surface area (Å²) in [4.78, 5) is 12.9. The molecule has 2 unspecified atom stereocenters. The van der Waals surface area contributed by atoms with Crippen LogP contribution in [0.1, 0.15) is 16.6 Å². The topological polar surface area (TPSA) is 34.1 Å². The van der Waals surface area contributed by atoms with Crippen LogP contribution in [0.15, 0.2) is 35.2 Å². The van der Waals surface area contributed by atoms with E-state index in [-0.39, 0.29) is 10.8 Å². The minimum Gasteiger partial charge on any atom is -0.292 e. The molecule has 1 aromatic carbocycles. The van der Waals surface area contributed by atoms with Gasteiger partial charge in [-0.05, 0) is 37.3 Å². The first-order valence-electron chi connectivity index (χ1n) is 5.55. The van der Waals surface area contributed by atoms with E-state index in [1.54, 1.807) is 19.1 Å². The van der Waals surface area contributed by atoms with Gasteiger partial charge in [0.25, 0.3) is 0 Å². The van der Waals surface area contributed by atoms with Crippen molar-refractivity contribution in [2.45, 2.75) is 17.1 Å². The predicted octanol–water partition coefficient (Wildman–Crippen LogP) is 4.57. The molecule has 7 heteroatoms. The fourth-order valence-corrected chi connectivity index (χ4v) is 4.11. The standard InChI is InChI=1S/C13H9Cl2FO2S2/c1-7(13(17)11-4-5-12(15)19-11)20(18)8-2-3-10(16)9(14)6-8/h2-7H,1H3. The van der Waals surface area contributed by atoms with Gasteiger partial charge in [0.15, 0.2) is 5.78 Å². The van der Waals surface area contributed by atoms with Crippen LogP contribution in [0.3, 0.4) is 0 Å². The van der Waals surface area contributed by atoms with Crippen LogP contribution in [0.4, 0.5) is 4.39 Å². The van der Waals surface area contributed by atoms with Crippen LogP contribution in [0.2, 0.25) is 9.36 Å². The second-order valence-corrected chi connectivity index (χ2v) is 7.88. The Morgan fingerprint density at radius 2 is 2.00 bits per heavy atom. The van der Waals surface area contributed by atoms with Gasteiger partial charge in [-0.25, -0.2) is 4.39 Å². The summed E-state index contributed by atoms with van der Waals surface area (Å²) in [6.45, 7) is 1.56. The molecule has 0 amide bonds. The highest BCUT2D eigenvalue weighted by Gasteiger charge is 2.24. The molecule has 0 bridgehead atoms. The zero-order valence-electron chi connectivity index (χ0n) is 10.2. The minimum absolute atomic E-state index is 0.116. The summed E-state index contributed by atoms with van der Waals surface area (Å²) < 4.78 is 25.9. The number of carbonyl (C=O) groups is 1. The highest BCUT2D eigenvalue weighted by Crippen LogP contribution is 2.26. The molecule has 2 rings (SSSR count). The van der Waals surface area contributed by atoms with Gasteiger partial charge in [-0.15, -0.1) is 11.3 Å².